The van der Waals surface area contributed by atoms with E-state index in [2.05, 4.69) is 4.98 Å². The molecule has 38 heavy (non-hydrogen) atoms. The van der Waals surface area contributed by atoms with Crippen molar-refractivity contribution < 1.29 is 18.0 Å². The number of carbonyl (C=O) groups excluding carboxylic acids is 1. The third-order valence-corrected chi connectivity index (χ3v) is 7.09. The van der Waals surface area contributed by atoms with E-state index in [0.29, 0.717) is 27.7 Å². The number of hydrogen-bond donors (Lipinski definition) is 0. The molecule has 0 saturated heterocycles. The second kappa shape index (κ2) is 11.1. The molecule has 5 rings (SSSR count). The van der Waals surface area contributed by atoms with Gasteiger partial charge in [0.1, 0.15) is 23.2 Å². The number of rotatable bonds is 8. The summed E-state index contributed by atoms with van der Waals surface area (Å²) in [5, 5.41) is 0.891. The first kappa shape index (κ1) is 26.2. The van der Waals surface area contributed by atoms with Gasteiger partial charge in [-0.05, 0) is 89.2 Å². The van der Waals surface area contributed by atoms with E-state index in [9.17, 15) is 18.0 Å². The largest absolute Gasteiger partial charge is 0.299 e. The van der Waals surface area contributed by atoms with Crippen molar-refractivity contribution >= 4 is 34.6 Å². The lowest BCUT2D eigenvalue weighted by molar-refractivity contribution is -0.118. The average molecular weight is 552 g/mol. The number of hydrogen-bond acceptors (Lipinski definition) is 2. The van der Waals surface area contributed by atoms with Gasteiger partial charge in [0, 0.05) is 46.6 Å². The van der Waals surface area contributed by atoms with Crippen molar-refractivity contribution in [2.75, 3.05) is 0 Å². The van der Waals surface area contributed by atoms with Crippen LogP contribution in [0.15, 0.2) is 79.0 Å². The van der Waals surface area contributed by atoms with Crippen molar-refractivity contribution in [3.05, 3.63) is 129 Å². The molecule has 1 aliphatic rings. The number of benzene rings is 3. The fraction of sp³-hybridized carbons (Fsp3) is 0.161. The normalized spacial score (nSPS) is 13.2. The lowest BCUT2D eigenvalue weighted by Gasteiger charge is -2.20. The molecule has 1 aromatic heterocycles. The van der Waals surface area contributed by atoms with Gasteiger partial charge in [-0.25, -0.2) is 13.2 Å². The summed E-state index contributed by atoms with van der Waals surface area (Å²) >= 11 is 12.5. The highest BCUT2D eigenvalue weighted by Gasteiger charge is 2.25. The maximum atomic E-state index is 14.0. The molecule has 4 aromatic rings. The maximum Gasteiger partial charge on any atom is 0.137 e. The Balaban J connectivity index is 1.49. The SMILES string of the molecule is O=C(CC1=CCc2ccc(F)cc21)C[C@@H](Cc1cc(F)cc(F)c1)c1ncccc1-c1cc(Cl)cc(Cl)c1. The summed E-state index contributed by atoms with van der Waals surface area (Å²) in [6.07, 6.45) is 4.58. The molecule has 0 unspecified atom stereocenters. The van der Waals surface area contributed by atoms with E-state index < -0.39 is 17.6 Å². The van der Waals surface area contributed by atoms with Crippen LogP contribution in [0.4, 0.5) is 13.2 Å². The Morgan fingerprint density at radius 1 is 0.868 bits per heavy atom. The first-order chi connectivity index (χ1) is 18.2. The molecule has 7 heteroatoms. The van der Waals surface area contributed by atoms with Crippen molar-refractivity contribution in [2.45, 2.75) is 31.6 Å². The summed E-state index contributed by atoms with van der Waals surface area (Å²) in [7, 11) is 0. The Hall–Kier alpha value is -3.41. The number of pyridine rings is 1. The monoisotopic (exact) mass is 551 g/mol. The van der Waals surface area contributed by atoms with Gasteiger partial charge in [-0.2, -0.15) is 0 Å². The van der Waals surface area contributed by atoms with Gasteiger partial charge < -0.3 is 0 Å². The molecule has 0 bridgehead atoms. The van der Waals surface area contributed by atoms with E-state index >= 15 is 0 Å². The summed E-state index contributed by atoms with van der Waals surface area (Å²) in [6.45, 7) is 0. The predicted molar refractivity (Wildman–Crippen MR) is 145 cm³/mol. The summed E-state index contributed by atoms with van der Waals surface area (Å²) < 4.78 is 41.9. The van der Waals surface area contributed by atoms with Crippen molar-refractivity contribution in [1.82, 2.24) is 4.98 Å². The summed E-state index contributed by atoms with van der Waals surface area (Å²) in [5.74, 6) is -2.32. The Morgan fingerprint density at radius 3 is 2.34 bits per heavy atom. The van der Waals surface area contributed by atoms with E-state index in [-0.39, 0.29) is 30.9 Å². The molecule has 0 amide bonds. The second-order valence-electron chi connectivity index (χ2n) is 9.43. The molecule has 0 fully saturated rings. The third-order valence-electron chi connectivity index (χ3n) is 6.65. The zero-order valence-corrected chi connectivity index (χ0v) is 21.7. The highest BCUT2D eigenvalue weighted by molar-refractivity contribution is 6.35. The topological polar surface area (TPSA) is 30.0 Å². The molecular weight excluding hydrogens is 530 g/mol. The molecule has 192 valence electrons. The van der Waals surface area contributed by atoms with Crippen molar-refractivity contribution in [2.24, 2.45) is 0 Å². The fourth-order valence-electron chi connectivity index (χ4n) is 5.07. The first-order valence-electron chi connectivity index (χ1n) is 12.1. The Morgan fingerprint density at radius 2 is 1.61 bits per heavy atom. The molecule has 0 aliphatic heterocycles. The predicted octanol–water partition coefficient (Wildman–Crippen LogP) is 8.79. The van der Waals surface area contributed by atoms with Crippen LogP contribution >= 0.6 is 23.2 Å². The minimum absolute atomic E-state index is 0.0679. The maximum absolute atomic E-state index is 14.0. The number of carbonyl (C=O) groups is 1. The number of halogens is 5. The minimum Gasteiger partial charge on any atom is -0.299 e. The molecule has 1 atom stereocenters. The molecule has 2 nitrogen and oxygen atoms in total. The van der Waals surface area contributed by atoms with Gasteiger partial charge in [-0.1, -0.05) is 41.4 Å². The van der Waals surface area contributed by atoms with Gasteiger partial charge in [0.15, 0.2) is 0 Å². The van der Waals surface area contributed by atoms with E-state index in [1.807, 2.05) is 12.1 Å². The average Bonchev–Trinajstić information content (AvgIpc) is 3.24. The highest BCUT2D eigenvalue weighted by atomic mass is 35.5. The van der Waals surface area contributed by atoms with Crippen molar-refractivity contribution in [3.63, 3.8) is 0 Å². The summed E-state index contributed by atoms with van der Waals surface area (Å²) in [4.78, 5) is 18.0. The lowest BCUT2D eigenvalue weighted by Crippen LogP contribution is -2.13. The number of allylic oxidation sites excluding steroid dienone is 2. The zero-order chi connectivity index (χ0) is 26.8. The molecule has 0 saturated carbocycles. The molecule has 0 radical (unpaired) electrons. The molecule has 0 spiro atoms. The van der Waals surface area contributed by atoms with Crippen LogP contribution in [0.2, 0.25) is 10.0 Å². The van der Waals surface area contributed by atoms with Gasteiger partial charge in [0.25, 0.3) is 0 Å². The van der Waals surface area contributed by atoms with Crippen LogP contribution in [0.5, 0.6) is 0 Å². The van der Waals surface area contributed by atoms with Gasteiger partial charge in [-0.3, -0.25) is 9.78 Å². The number of ketones is 1. The van der Waals surface area contributed by atoms with Crippen molar-refractivity contribution in [1.29, 1.82) is 0 Å². The molecule has 3 aromatic carbocycles. The zero-order valence-electron chi connectivity index (χ0n) is 20.2. The smallest absolute Gasteiger partial charge is 0.137 e. The summed E-state index contributed by atoms with van der Waals surface area (Å²) in [5.41, 5.74) is 4.95. The van der Waals surface area contributed by atoms with Gasteiger partial charge in [0.2, 0.25) is 0 Å². The first-order valence-corrected chi connectivity index (χ1v) is 12.9. The molecular formula is C31H22Cl2F3NO. The van der Waals surface area contributed by atoms with Crippen LogP contribution in [0.3, 0.4) is 0 Å². The van der Waals surface area contributed by atoms with Crippen LogP contribution in [0, 0.1) is 17.5 Å². The number of Topliss-reactive ketones (excluding diaryl/α,β-unsaturated/α-hetero) is 1. The van der Waals surface area contributed by atoms with Gasteiger partial charge in [0.05, 0.1) is 5.69 Å². The van der Waals surface area contributed by atoms with Crippen molar-refractivity contribution in [3.8, 4) is 11.1 Å². The van der Waals surface area contributed by atoms with E-state index in [4.69, 9.17) is 23.2 Å². The van der Waals surface area contributed by atoms with Crippen LogP contribution < -0.4 is 0 Å². The van der Waals surface area contributed by atoms with Gasteiger partial charge in [-0.15, -0.1) is 0 Å². The van der Waals surface area contributed by atoms with Crippen LogP contribution in [0.1, 0.15) is 41.1 Å². The standard InChI is InChI=1S/C31H22Cl2F3NO/c32-23-11-21(12-24(33)15-23)29-2-1-7-37-31(29)22(8-18-9-26(35)16-27(36)10-18)14-28(38)13-20-4-3-19-5-6-25(34)17-30(19)20/h1-2,4-7,9-12,15-17,22H,3,8,13-14H2/t22-/m1/s1. The van der Waals surface area contributed by atoms with E-state index in [0.717, 1.165) is 33.9 Å². The van der Waals surface area contributed by atoms with E-state index in [1.165, 1.54) is 24.3 Å². The Labute approximate surface area is 228 Å². The van der Waals surface area contributed by atoms with Crippen LogP contribution in [-0.4, -0.2) is 10.8 Å². The molecule has 1 heterocycles. The lowest BCUT2D eigenvalue weighted by atomic mass is 9.85. The minimum atomic E-state index is -0.692. The number of fused-ring (bicyclic) bond motifs is 1. The quantitative estimate of drug-likeness (QED) is 0.219. The second-order valence-corrected chi connectivity index (χ2v) is 10.3. The van der Waals surface area contributed by atoms with Crippen LogP contribution in [-0.2, 0) is 17.6 Å². The molecule has 0 N–H and O–H groups in total. The Kier molecular flexibility index (Phi) is 7.68. The highest BCUT2D eigenvalue weighted by Crippen LogP contribution is 2.37. The third kappa shape index (κ3) is 6.01. The number of nitrogens with zero attached hydrogens (tertiary/aromatic N) is 1. The number of aromatic nitrogens is 1. The van der Waals surface area contributed by atoms with E-state index in [1.54, 1.807) is 36.5 Å². The molecule has 1 aliphatic carbocycles. The fourth-order valence-corrected chi connectivity index (χ4v) is 5.60. The van der Waals surface area contributed by atoms with Gasteiger partial charge >= 0.3 is 0 Å². The summed E-state index contributed by atoms with van der Waals surface area (Å²) in [6, 6.07) is 16.7. The van der Waals surface area contributed by atoms with Crippen LogP contribution in [0.25, 0.3) is 16.7 Å². The Bertz CT molecular complexity index is 1530.